The topological polar surface area (TPSA) is 0 Å². The summed E-state index contributed by atoms with van der Waals surface area (Å²) in [5, 5.41) is 4.88. The Labute approximate surface area is 125 Å². The number of hydrogen-bond donors (Lipinski definition) is 0. The maximum Gasteiger partial charge on any atom is -0.00143 e. The predicted octanol–water partition coefficient (Wildman–Crippen LogP) is 5.66. The molecule has 21 heavy (non-hydrogen) atoms. The van der Waals surface area contributed by atoms with Gasteiger partial charge in [0.1, 0.15) is 0 Å². The molecule has 0 nitrogen and oxygen atoms in total. The van der Waals surface area contributed by atoms with E-state index in [9.17, 15) is 0 Å². The van der Waals surface area contributed by atoms with Crippen LogP contribution in [0.3, 0.4) is 0 Å². The molecule has 2 radical (unpaired) electrons. The molecule has 0 unspecified atom stereocenters. The second-order valence-electron chi connectivity index (χ2n) is 4.93. The number of benzene rings is 4. The van der Waals surface area contributed by atoms with Gasteiger partial charge < -0.3 is 0 Å². The molecule has 0 N–H and O–H groups in total. The lowest BCUT2D eigenvalue weighted by atomic mass is 10.0. The van der Waals surface area contributed by atoms with Crippen LogP contribution in [0.15, 0.2) is 84.9 Å². The van der Waals surface area contributed by atoms with Gasteiger partial charge >= 0.3 is 0 Å². The minimum atomic E-state index is 1.07. The molecule has 0 aromatic heterocycles. The van der Waals surface area contributed by atoms with Crippen LogP contribution in [0.4, 0.5) is 0 Å². The Morgan fingerprint density at radius 3 is 1.52 bits per heavy atom. The van der Waals surface area contributed by atoms with Gasteiger partial charge in [-0.2, -0.15) is 0 Å². The largest absolute Gasteiger partial charge is 0.0622 e. The zero-order valence-corrected chi connectivity index (χ0v) is 11.8. The minimum Gasteiger partial charge on any atom is -0.0622 e. The fourth-order valence-electron chi connectivity index (χ4n) is 2.26. The summed E-state index contributed by atoms with van der Waals surface area (Å²) < 4.78 is 0. The van der Waals surface area contributed by atoms with E-state index >= 15 is 0 Å². The van der Waals surface area contributed by atoms with Crippen LogP contribution in [0.25, 0.3) is 21.5 Å². The number of rotatable bonds is 0. The van der Waals surface area contributed by atoms with Gasteiger partial charge in [-0.3, -0.25) is 0 Å². The normalized spacial score (nSPS) is 10.1. The Balaban J connectivity index is 0.000000160. The molecule has 0 spiro atoms. The fourth-order valence-corrected chi connectivity index (χ4v) is 2.26. The van der Waals surface area contributed by atoms with Gasteiger partial charge in [0.2, 0.25) is 0 Å². The van der Waals surface area contributed by atoms with Crippen molar-refractivity contribution in [2.24, 2.45) is 0 Å². The van der Waals surface area contributed by atoms with E-state index in [2.05, 4.69) is 55.5 Å². The van der Waals surface area contributed by atoms with Crippen molar-refractivity contribution in [3.05, 3.63) is 103 Å². The summed E-state index contributed by atoms with van der Waals surface area (Å²) in [6.45, 7) is 3.72. The van der Waals surface area contributed by atoms with Gasteiger partial charge in [0.25, 0.3) is 0 Å². The van der Waals surface area contributed by atoms with Crippen LogP contribution in [0.1, 0.15) is 5.56 Å². The molecule has 0 aliphatic rings. The summed E-state index contributed by atoms with van der Waals surface area (Å²) in [7, 11) is 0. The van der Waals surface area contributed by atoms with Gasteiger partial charge in [0.15, 0.2) is 0 Å². The van der Waals surface area contributed by atoms with E-state index in [-0.39, 0.29) is 0 Å². The van der Waals surface area contributed by atoms with Crippen LogP contribution >= 0.6 is 0 Å². The highest BCUT2D eigenvalue weighted by Gasteiger charge is 1.95. The predicted molar refractivity (Wildman–Crippen MR) is 91.2 cm³/mol. The van der Waals surface area contributed by atoms with E-state index in [1.807, 2.05) is 42.5 Å². The highest BCUT2D eigenvalue weighted by Crippen LogP contribution is 2.21. The monoisotopic (exact) mass is 268 g/mol. The second-order valence-corrected chi connectivity index (χ2v) is 4.93. The van der Waals surface area contributed by atoms with Crippen LogP contribution in [-0.4, -0.2) is 0 Å². The van der Waals surface area contributed by atoms with Crippen LogP contribution in [-0.2, 0) is 0 Å². The van der Waals surface area contributed by atoms with Crippen molar-refractivity contribution in [2.75, 3.05) is 0 Å². The van der Waals surface area contributed by atoms with Crippen LogP contribution in [0.2, 0.25) is 0 Å². The molecule has 100 valence electrons. The first kappa shape index (κ1) is 13.4. The smallest absolute Gasteiger partial charge is 0.00143 e. The Bertz CT molecular complexity index is 740. The Kier molecular flexibility index (Phi) is 3.97. The molecule has 0 saturated carbocycles. The fraction of sp³-hybridized carbons (Fsp3) is 0. The maximum absolute atomic E-state index is 3.72. The lowest BCUT2D eigenvalue weighted by Crippen LogP contribution is -1.75. The molecule has 0 bridgehead atoms. The summed E-state index contributed by atoms with van der Waals surface area (Å²) in [5.41, 5.74) is 1.07. The van der Waals surface area contributed by atoms with Gasteiger partial charge in [-0.15, -0.1) is 0 Å². The van der Waals surface area contributed by atoms with Gasteiger partial charge in [-0.1, -0.05) is 78.9 Å². The molecule has 0 heteroatoms. The lowest BCUT2D eigenvalue weighted by Gasteiger charge is -2.00. The summed E-state index contributed by atoms with van der Waals surface area (Å²) in [5.74, 6) is 0. The zero-order chi connectivity index (χ0) is 14.5. The van der Waals surface area contributed by atoms with E-state index in [1.165, 1.54) is 21.5 Å². The van der Waals surface area contributed by atoms with E-state index < -0.39 is 0 Å². The van der Waals surface area contributed by atoms with Crippen molar-refractivity contribution < 1.29 is 0 Å². The molecular weight excluding hydrogens is 252 g/mol. The quantitative estimate of drug-likeness (QED) is 0.361. The third kappa shape index (κ3) is 3.29. The van der Waals surface area contributed by atoms with Gasteiger partial charge in [-0.25, -0.2) is 0 Å². The number of hydrogen-bond acceptors (Lipinski definition) is 0. The van der Waals surface area contributed by atoms with Crippen molar-refractivity contribution in [3.8, 4) is 0 Å². The van der Waals surface area contributed by atoms with Crippen molar-refractivity contribution >= 4 is 21.5 Å². The number of fused-ring (bicyclic) bond motifs is 2. The molecule has 0 amide bonds. The molecule has 0 saturated heterocycles. The van der Waals surface area contributed by atoms with Gasteiger partial charge in [0, 0.05) is 0 Å². The van der Waals surface area contributed by atoms with E-state index in [4.69, 9.17) is 0 Å². The second kappa shape index (κ2) is 6.23. The summed E-state index contributed by atoms with van der Waals surface area (Å²) in [4.78, 5) is 0. The van der Waals surface area contributed by atoms with E-state index in [0.717, 1.165) is 5.56 Å². The Morgan fingerprint density at radius 1 is 0.571 bits per heavy atom. The zero-order valence-electron chi connectivity index (χ0n) is 11.8. The van der Waals surface area contributed by atoms with E-state index in [1.54, 1.807) is 0 Å². The lowest BCUT2D eigenvalue weighted by molar-refractivity contribution is 1.62. The first-order valence-electron chi connectivity index (χ1n) is 7.00. The SMILES string of the molecule is [CH2]c1ccccc1.[c]1c2ccccc2cc2ccccc12. The Morgan fingerprint density at radius 2 is 1.05 bits per heavy atom. The summed E-state index contributed by atoms with van der Waals surface area (Å²) >= 11 is 0. The molecule has 0 aliphatic carbocycles. The van der Waals surface area contributed by atoms with Crippen LogP contribution in [0.5, 0.6) is 0 Å². The molecule has 0 atom stereocenters. The van der Waals surface area contributed by atoms with Crippen molar-refractivity contribution in [1.29, 1.82) is 0 Å². The first-order chi connectivity index (χ1) is 10.3. The average Bonchev–Trinajstić information content (AvgIpc) is 2.54. The summed E-state index contributed by atoms with van der Waals surface area (Å²) in [6.07, 6.45) is 0. The third-order valence-corrected chi connectivity index (χ3v) is 3.34. The molecule has 4 aromatic rings. The first-order valence-corrected chi connectivity index (χ1v) is 7.00. The highest BCUT2D eigenvalue weighted by atomic mass is 14.0. The van der Waals surface area contributed by atoms with Crippen molar-refractivity contribution in [1.82, 2.24) is 0 Å². The van der Waals surface area contributed by atoms with Gasteiger partial charge in [-0.05, 0) is 46.2 Å². The molecule has 0 aliphatic heterocycles. The Hall–Kier alpha value is -2.60. The minimum absolute atomic E-state index is 1.07. The molecule has 0 fully saturated rings. The van der Waals surface area contributed by atoms with Crippen molar-refractivity contribution in [2.45, 2.75) is 0 Å². The van der Waals surface area contributed by atoms with Gasteiger partial charge in [0.05, 0.1) is 0 Å². The molecular formula is C21H16. The third-order valence-electron chi connectivity index (χ3n) is 3.34. The molecule has 4 aromatic carbocycles. The molecule has 0 heterocycles. The van der Waals surface area contributed by atoms with Crippen molar-refractivity contribution in [3.63, 3.8) is 0 Å². The standard InChI is InChI=1S/C14H9.C7H7/c1-2-6-12-10-14-8-4-3-7-13(14)9-11(12)5-1;1-7-5-3-2-4-6-7/h1-9H;2-6H,1H2. The van der Waals surface area contributed by atoms with Crippen LogP contribution < -0.4 is 0 Å². The van der Waals surface area contributed by atoms with Crippen LogP contribution in [0, 0.1) is 13.0 Å². The molecule has 4 rings (SSSR count). The van der Waals surface area contributed by atoms with E-state index in [0.29, 0.717) is 0 Å². The highest BCUT2D eigenvalue weighted by molar-refractivity contribution is 5.97. The average molecular weight is 268 g/mol. The maximum atomic E-state index is 3.72. The summed E-state index contributed by atoms with van der Waals surface area (Å²) in [6, 6.07) is 32.2.